The maximum absolute atomic E-state index is 12.9. The van der Waals surface area contributed by atoms with E-state index in [9.17, 15) is 9.90 Å². The highest BCUT2D eigenvalue weighted by Crippen LogP contribution is 2.25. The number of hydrogen-bond acceptors (Lipinski definition) is 3. The van der Waals surface area contributed by atoms with Crippen LogP contribution in [0.3, 0.4) is 0 Å². The van der Waals surface area contributed by atoms with Crippen molar-refractivity contribution >= 4 is 5.91 Å². The molecular weight excluding hydrogens is 312 g/mol. The zero-order valence-corrected chi connectivity index (χ0v) is 15.3. The molecule has 1 aromatic carbocycles. The number of amides is 1. The zero-order valence-electron chi connectivity index (χ0n) is 15.3. The Labute approximate surface area is 151 Å². The predicted molar refractivity (Wildman–Crippen MR) is 100 cm³/mol. The fraction of sp³-hybridized carbons (Fsp3) is 0.667. The van der Waals surface area contributed by atoms with Crippen LogP contribution < -0.4 is 0 Å². The summed E-state index contributed by atoms with van der Waals surface area (Å²) in [6.07, 6.45) is 8.36. The fourth-order valence-corrected chi connectivity index (χ4v) is 4.21. The Morgan fingerprint density at radius 2 is 1.68 bits per heavy atom. The molecule has 1 N–H and O–H groups in total. The summed E-state index contributed by atoms with van der Waals surface area (Å²) in [5.74, 6) is -0.0453. The lowest BCUT2D eigenvalue weighted by atomic mass is 9.90. The van der Waals surface area contributed by atoms with Gasteiger partial charge in [-0.25, -0.2) is 0 Å². The van der Waals surface area contributed by atoms with Gasteiger partial charge in [-0.05, 0) is 57.2 Å². The van der Waals surface area contributed by atoms with Gasteiger partial charge in [0.15, 0.2) is 5.60 Å². The molecule has 2 aliphatic heterocycles. The SMILES string of the molecule is O=C1N(CCCc2ccccc2)CCCC1(O)CN1CCCCCC1. The highest BCUT2D eigenvalue weighted by atomic mass is 16.3. The van der Waals surface area contributed by atoms with Gasteiger partial charge in [0, 0.05) is 19.6 Å². The molecule has 4 heteroatoms. The molecule has 2 aliphatic rings. The highest BCUT2D eigenvalue weighted by Gasteiger charge is 2.43. The molecule has 4 nitrogen and oxygen atoms in total. The van der Waals surface area contributed by atoms with Crippen molar-refractivity contribution in [1.29, 1.82) is 0 Å². The van der Waals surface area contributed by atoms with Crippen molar-refractivity contribution in [2.75, 3.05) is 32.7 Å². The number of aryl methyl sites for hydroxylation is 1. The lowest BCUT2D eigenvalue weighted by Gasteiger charge is -2.40. The van der Waals surface area contributed by atoms with Gasteiger partial charge in [0.1, 0.15) is 0 Å². The van der Waals surface area contributed by atoms with Gasteiger partial charge in [0.25, 0.3) is 5.91 Å². The quantitative estimate of drug-likeness (QED) is 0.863. The summed E-state index contributed by atoms with van der Waals surface area (Å²) in [4.78, 5) is 17.1. The number of β-amino-alcohol motifs (C(OH)–C–C–N with tert-alkyl or cyclic N) is 1. The molecule has 138 valence electrons. The van der Waals surface area contributed by atoms with Crippen molar-refractivity contribution in [1.82, 2.24) is 9.80 Å². The minimum atomic E-state index is -1.17. The summed E-state index contributed by atoms with van der Waals surface area (Å²) in [6, 6.07) is 10.4. The van der Waals surface area contributed by atoms with Gasteiger partial charge >= 0.3 is 0 Å². The van der Waals surface area contributed by atoms with Crippen LogP contribution in [0.15, 0.2) is 30.3 Å². The van der Waals surface area contributed by atoms with Gasteiger partial charge < -0.3 is 10.0 Å². The maximum Gasteiger partial charge on any atom is 0.255 e. The van der Waals surface area contributed by atoms with E-state index < -0.39 is 5.60 Å². The molecular formula is C21H32N2O2. The zero-order chi connectivity index (χ0) is 17.5. The number of piperidine rings is 1. The number of nitrogens with zero attached hydrogens (tertiary/aromatic N) is 2. The molecule has 0 aliphatic carbocycles. The molecule has 0 spiro atoms. The number of aliphatic hydroxyl groups is 1. The molecule has 2 heterocycles. The largest absolute Gasteiger partial charge is 0.379 e. The van der Waals surface area contributed by atoms with Crippen molar-refractivity contribution in [3.63, 3.8) is 0 Å². The second-order valence-corrected chi connectivity index (χ2v) is 7.71. The summed E-state index contributed by atoms with van der Waals surface area (Å²) in [5, 5.41) is 11.0. The van der Waals surface area contributed by atoms with Crippen molar-refractivity contribution in [3.05, 3.63) is 35.9 Å². The molecule has 2 fully saturated rings. The van der Waals surface area contributed by atoms with E-state index >= 15 is 0 Å². The molecule has 3 rings (SSSR count). The maximum atomic E-state index is 12.9. The van der Waals surface area contributed by atoms with E-state index in [1.807, 2.05) is 11.0 Å². The first kappa shape index (κ1) is 18.4. The number of hydrogen-bond donors (Lipinski definition) is 1. The van der Waals surface area contributed by atoms with Gasteiger partial charge in [-0.3, -0.25) is 9.69 Å². The lowest BCUT2D eigenvalue weighted by Crippen LogP contribution is -2.58. The Kier molecular flexibility index (Phi) is 6.49. The second kappa shape index (κ2) is 8.81. The van der Waals surface area contributed by atoms with Crippen LogP contribution in [0, 0.1) is 0 Å². The molecule has 0 aromatic heterocycles. The fourth-order valence-electron chi connectivity index (χ4n) is 4.21. The van der Waals surface area contributed by atoms with Crippen LogP contribution in [0.25, 0.3) is 0 Å². The van der Waals surface area contributed by atoms with Gasteiger partial charge in [-0.1, -0.05) is 43.2 Å². The monoisotopic (exact) mass is 344 g/mol. The molecule has 0 bridgehead atoms. The third-order valence-electron chi connectivity index (χ3n) is 5.62. The minimum absolute atomic E-state index is 0.0453. The van der Waals surface area contributed by atoms with E-state index in [0.29, 0.717) is 13.0 Å². The Bertz CT molecular complexity index is 540. The van der Waals surface area contributed by atoms with E-state index in [-0.39, 0.29) is 5.91 Å². The number of rotatable bonds is 6. The van der Waals surface area contributed by atoms with Crippen molar-refractivity contribution in [3.8, 4) is 0 Å². The third kappa shape index (κ3) is 5.05. The summed E-state index contributed by atoms with van der Waals surface area (Å²) >= 11 is 0. The van der Waals surface area contributed by atoms with E-state index in [1.165, 1.54) is 31.2 Å². The molecule has 1 amide bonds. The van der Waals surface area contributed by atoms with Crippen LogP contribution >= 0.6 is 0 Å². The standard InChI is InChI=1S/C21H32N2O2/c24-20-21(25,18-22-14-6-1-2-7-15-22)13-9-17-23(20)16-8-12-19-10-4-3-5-11-19/h3-5,10-11,25H,1-2,6-9,12-18H2. The van der Waals surface area contributed by atoms with Crippen LogP contribution in [0.2, 0.25) is 0 Å². The predicted octanol–water partition coefficient (Wildman–Crippen LogP) is 2.85. The number of benzene rings is 1. The van der Waals surface area contributed by atoms with Crippen molar-refractivity contribution in [2.24, 2.45) is 0 Å². The van der Waals surface area contributed by atoms with E-state index in [0.717, 1.165) is 45.4 Å². The van der Waals surface area contributed by atoms with Gasteiger partial charge in [0.2, 0.25) is 0 Å². The Balaban J connectivity index is 1.52. The van der Waals surface area contributed by atoms with E-state index in [1.54, 1.807) is 0 Å². The molecule has 1 atom stereocenters. The molecule has 0 saturated carbocycles. The van der Waals surface area contributed by atoms with Crippen LogP contribution in [0.1, 0.15) is 50.5 Å². The number of likely N-dealkylation sites (tertiary alicyclic amines) is 2. The second-order valence-electron chi connectivity index (χ2n) is 7.71. The Morgan fingerprint density at radius 1 is 0.960 bits per heavy atom. The summed E-state index contributed by atoms with van der Waals surface area (Å²) in [7, 11) is 0. The molecule has 1 unspecified atom stereocenters. The molecule has 0 radical (unpaired) electrons. The number of carbonyl (C=O) groups is 1. The van der Waals surface area contributed by atoms with Crippen molar-refractivity contribution in [2.45, 2.75) is 57.0 Å². The van der Waals surface area contributed by atoms with Gasteiger partial charge in [-0.2, -0.15) is 0 Å². The van der Waals surface area contributed by atoms with Crippen LogP contribution in [0.4, 0.5) is 0 Å². The van der Waals surface area contributed by atoms with Crippen LogP contribution in [0.5, 0.6) is 0 Å². The summed E-state index contributed by atoms with van der Waals surface area (Å²) in [6.45, 7) is 4.08. The molecule has 2 saturated heterocycles. The smallest absolute Gasteiger partial charge is 0.255 e. The van der Waals surface area contributed by atoms with Gasteiger partial charge in [0.05, 0.1) is 0 Å². The van der Waals surface area contributed by atoms with Gasteiger partial charge in [-0.15, -0.1) is 0 Å². The van der Waals surface area contributed by atoms with Crippen LogP contribution in [-0.4, -0.2) is 59.1 Å². The minimum Gasteiger partial charge on any atom is -0.379 e. The summed E-state index contributed by atoms with van der Waals surface area (Å²) in [5.41, 5.74) is 0.141. The Hall–Kier alpha value is -1.39. The molecule has 1 aromatic rings. The van der Waals surface area contributed by atoms with Crippen LogP contribution in [-0.2, 0) is 11.2 Å². The van der Waals surface area contributed by atoms with E-state index in [4.69, 9.17) is 0 Å². The lowest BCUT2D eigenvalue weighted by molar-refractivity contribution is -0.159. The number of carbonyl (C=O) groups excluding carboxylic acids is 1. The highest BCUT2D eigenvalue weighted by molar-refractivity contribution is 5.86. The third-order valence-corrected chi connectivity index (χ3v) is 5.62. The molecule has 25 heavy (non-hydrogen) atoms. The first-order valence-corrected chi connectivity index (χ1v) is 9.95. The average molecular weight is 344 g/mol. The Morgan fingerprint density at radius 3 is 2.40 bits per heavy atom. The topological polar surface area (TPSA) is 43.8 Å². The summed E-state index contributed by atoms with van der Waals surface area (Å²) < 4.78 is 0. The average Bonchev–Trinajstić information content (AvgIpc) is 2.88. The van der Waals surface area contributed by atoms with E-state index in [2.05, 4.69) is 29.2 Å². The first-order valence-electron chi connectivity index (χ1n) is 9.95. The normalized spacial score (nSPS) is 25.8. The van der Waals surface area contributed by atoms with Crippen molar-refractivity contribution < 1.29 is 9.90 Å². The first-order chi connectivity index (χ1) is 12.2.